The number of nitrogens with zero attached hydrogens (tertiary/aromatic N) is 2. The molecule has 0 atom stereocenters. The smallest absolute Gasteiger partial charge is 0.191 e. The van der Waals surface area contributed by atoms with Gasteiger partial charge >= 0.3 is 0 Å². The van der Waals surface area contributed by atoms with Crippen molar-refractivity contribution in [2.45, 2.75) is 26.8 Å². The molecule has 1 aromatic heterocycles. The van der Waals surface area contributed by atoms with E-state index in [1.54, 1.807) is 6.20 Å². The van der Waals surface area contributed by atoms with Gasteiger partial charge in [0.05, 0.1) is 6.54 Å². The fraction of sp³-hybridized carbons (Fsp3) is 0.333. The molecule has 1 heterocycles. The van der Waals surface area contributed by atoms with Gasteiger partial charge in [0.15, 0.2) is 5.96 Å². The molecule has 4 nitrogen and oxygen atoms in total. The second kappa shape index (κ2) is 11.0. The van der Waals surface area contributed by atoms with Crippen LogP contribution in [0, 0.1) is 6.92 Å². The average molecular weight is 424 g/mol. The highest BCUT2D eigenvalue weighted by Crippen LogP contribution is 2.07. The summed E-state index contributed by atoms with van der Waals surface area (Å²) in [5.74, 6) is 0.856. The van der Waals surface area contributed by atoms with Gasteiger partial charge in [-0.25, -0.2) is 4.99 Å². The topological polar surface area (TPSA) is 49.3 Å². The first-order chi connectivity index (χ1) is 10.8. The Balaban J connectivity index is 0.00000264. The Morgan fingerprint density at radius 3 is 2.65 bits per heavy atom. The van der Waals surface area contributed by atoms with Crippen molar-refractivity contribution >= 4 is 29.9 Å². The van der Waals surface area contributed by atoms with Crippen molar-refractivity contribution in [2.75, 3.05) is 13.1 Å². The van der Waals surface area contributed by atoms with Gasteiger partial charge in [-0.15, -0.1) is 24.0 Å². The summed E-state index contributed by atoms with van der Waals surface area (Å²) in [7, 11) is 0. The van der Waals surface area contributed by atoms with Crippen LogP contribution in [0.5, 0.6) is 0 Å². The summed E-state index contributed by atoms with van der Waals surface area (Å²) in [6, 6.07) is 12.4. The highest BCUT2D eigenvalue weighted by atomic mass is 127. The zero-order valence-corrected chi connectivity index (χ0v) is 16.1. The van der Waals surface area contributed by atoms with Gasteiger partial charge in [-0.2, -0.15) is 0 Å². The van der Waals surface area contributed by atoms with E-state index in [1.807, 2.05) is 12.3 Å². The van der Waals surface area contributed by atoms with Gasteiger partial charge in [0.25, 0.3) is 0 Å². The van der Waals surface area contributed by atoms with Crippen LogP contribution in [-0.2, 0) is 13.0 Å². The molecule has 2 aromatic rings. The molecule has 0 unspecified atom stereocenters. The average Bonchev–Trinajstić information content (AvgIpc) is 2.55. The van der Waals surface area contributed by atoms with Crippen molar-refractivity contribution in [3.63, 3.8) is 0 Å². The normalized spacial score (nSPS) is 10.8. The van der Waals surface area contributed by atoms with Gasteiger partial charge in [0.2, 0.25) is 0 Å². The minimum absolute atomic E-state index is 0. The van der Waals surface area contributed by atoms with E-state index in [2.05, 4.69) is 64.8 Å². The molecular formula is C18H25IN4. The van der Waals surface area contributed by atoms with E-state index in [0.29, 0.717) is 6.54 Å². The number of benzene rings is 1. The van der Waals surface area contributed by atoms with Gasteiger partial charge in [-0.05, 0) is 43.0 Å². The lowest BCUT2D eigenvalue weighted by molar-refractivity contribution is 0.797. The number of rotatable bonds is 6. The summed E-state index contributed by atoms with van der Waals surface area (Å²) < 4.78 is 0. The molecule has 23 heavy (non-hydrogen) atoms. The van der Waals surface area contributed by atoms with E-state index >= 15 is 0 Å². The minimum Gasteiger partial charge on any atom is -0.357 e. The molecule has 124 valence electrons. The van der Waals surface area contributed by atoms with Crippen molar-refractivity contribution in [1.82, 2.24) is 15.6 Å². The van der Waals surface area contributed by atoms with Gasteiger partial charge in [-0.3, -0.25) is 4.98 Å². The van der Waals surface area contributed by atoms with Gasteiger partial charge in [0, 0.05) is 25.5 Å². The molecular weight excluding hydrogens is 399 g/mol. The van der Waals surface area contributed by atoms with Crippen LogP contribution in [0.2, 0.25) is 0 Å². The molecule has 0 aliphatic heterocycles. The van der Waals surface area contributed by atoms with Crippen LogP contribution in [0.4, 0.5) is 0 Å². The molecule has 0 amide bonds. The molecule has 5 heteroatoms. The molecule has 2 rings (SSSR count). The summed E-state index contributed by atoms with van der Waals surface area (Å²) in [4.78, 5) is 8.79. The van der Waals surface area contributed by atoms with Crippen LogP contribution in [0.25, 0.3) is 0 Å². The van der Waals surface area contributed by atoms with Crippen LogP contribution < -0.4 is 10.6 Å². The molecule has 2 N–H and O–H groups in total. The Bertz CT molecular complexity index is 599. The Morgan fingerprint density at radius 1 is 1.13 bits per heavy atom. The first kappa shape index (κ1) is 19.4. The number of halogens is 1. The van der Waals surface area contributed by atoms with Crippen molar-refractivity contribution in [2.24, 2.45) is 4.99 Å². The Hall–Kier alpha value is -1.63. The highest BCUT2D eigenvalue weighted by molar-refractivity contribution is 14.0. The lowest BCUT2D eigenvalue weighted by Crippen LogP contribution is -2.38. The molecule has 0 radical (unpaired) electrons. The second-order valence-corrected chi connectivity index (χ2v) is 5.16. The summed E-state index contributed by atoms with van der Waals surface area (Å²) in [5.41, 5.74) is 3.76. The quantitative estimate of drug-likeness (QED) is 0.425. The van der Waals surface area contributed by atoms with Crippen LogP contribution in [0.15, 0.2) is 53.8 Å². The van der Waals surface area contributed by atoms with E-state index in [-0.39, 0.29) is 24.0 Å². The molecule has 0 saturated carbocycles. The summed E-state index contributed by atoms with van der Waals surface area (Å²) >= 11 is 0. The summed E-state index contributed by atoms with van der Waals surface area (Å²) in [5, 5.41) is 6.65. The Labute approximate surface area is 155 Å². The number of nitrogens with one attached hydrogen (secondary N) is 2. The standard InChI is InChI=1S/C18H24N4.HI/c1-3-20-18(21-12-10-16-8-6-11-19-13-16)22-14-17-9-5-4-7-15(17)2;/h4-9,11,13H,3,10,12,14H2,1-2H3,(H2,20,21,22);1H. The van der Waals surface area contributed by atoms with E-state index in [4.69, 9.17) is 0 Å². The predicted molar refractivity (Wildman–Crippen MR) is 107 cm³/mol. The highest BCUT2D eigenvalue weighted by Gasteiger charge is 2.00. The van der Waals surface area contributed by atoms with Gasteiger partial charge in [-0.1, -0.05) is 30.3 Å². The van der Waals surface area contributed by atoms with Crippen LogP contribution in [-0.4, -0.2) is 24.0 Å². The third-order valence-corrected chi connectivity index (χ3v) is 3.44. The van der Waals surface area contributed by atoms with Crippen LogP contribution >= 0.6 is 24.0 Å². The first-order valence-electron chi connectivity index (χ1n) is 7.75. The maximum absolute atomic E-state index is 4.65. The summed E-state index contributed by atoms with van der Waals surface area (Å²) in [6.45, 7) is 6.58. The SMILES string of the molecule is CCNC(=NCc1ccccc1C)NCCc1cccnc1.I. The maximum atomic E-state index is 4.65. The molecule has 0 fully saturated rings. The third-order valence-electron chi connectivity index (χ3n) is 3.44. The number of aliphatic imine (C=N–C) groups is 1. The zero-order chi connectivity index (χ0) is 15.6. The number of aromatic nitrogens is 1. The van der Waals surface area contributed by atoms with Crippen molar-refractivity contribution in [3.8, 4) is 0 Å². The predicted octanol–water partition coefficient (Wildman–Crippen LogP) is 3.31. The maximum Gasteiger partial charge on any atom is 0.191 e. The zero-order valence-electron chi connectivity index (χ0n) is 13.7. The number of hydrogen-bond acceptors (Lipinski definition) is 2. The lowest BCUT2D eigenvalue weighted by atomic mass is 10.1. The number of pyridine rings is 1. The van der Waals surface area contributed by atoms with Crippen molar-refractivity contribution in [1.29, 1.82) is 0 Å². The van der Waals surface area contributed by atoms with Gasteiger partial charge < -0.3 is 10.6 Å². The van der Waals surface area contributed by atoms with E-state index in [0.717, 1.165) is 25.5 Å². The monoisotopic (exact) mass is 424 g/mol. The fourth-order valence-corrected chi connectivity index (χ4v) is 2.16. The van der Waals surface area contributed by atoms with Crippen molar-refractivity contribution < 1.29 is 0 Å². The molecule has 1 aromatic carbocycles. The lowest BCUT2D eigenvalue weighted by Gasteiger charge is -2.11. The number of guanidine groups is 1. The second-order valence-electron chi connectivity index (χ2n) is 5.16. The molecule has 0 aliphatic carbocycles. The Kier molecular flexibility index (Phi) is 9.28. The first-order valence-corrected chi connectivity index (χ1v) is 7.75. The third kappa shape index (κ3) is 6.99. The Morgan fingerprint density at radius 2 is 1.96 bits per heavy atom. The molecule has 0 bridgehead atoms. The van der Waals surface area contributed by atoms with Gasteiger partial charge in [0.1, 0.15) is 0 Å². The summed E-state index contributed by atoms with van der Waals surface area (Å²) in [6.07, 6.45) is 4.63. The number of hydrogen-bond donors (Lipinski definition) is 2. The van der Waals surface area contributed by atoms with E-state index < -0.39 is 0 Å². The molecule has 0 aliphatic rings. The molecule has 0 saturated heterocycles. The minimum atomic E-state index is 0. The van der Waals surface area contributed by atoms with E-state index in [9.17, 15) is 0 Å². The van der Waals surface area contributed by atoms with Crippen LogP contribution in [0.3, 0.4) is 0 Å². The van der Waals surface area contributed by atoms with Crippen LogP contribution in [0.1, 0.15) is 23.6 Å². The van der Waals surface area contributed by atoms with E-state index in [1.165, 1.54) is 16.7 Å². The molecule has 0 spiro atoms. The fourth-order valence-electron chi connectivity index (χ4n) is 2.16. The largest absolute Gasteiger partial charge is 0.357 e. The number of aryl methyl sites for hydroxylation is 1. The van der Waals surface area contributed by atoms with Crippen molar-refractivity contribution in [3.05, 3.63) is 65.5 Å².